The van der Waals surface area contributed by atoms with Crippen LogP contribution in [0.3, 0.4) is 0 Å². The highest BCUT2D eigenvalue weighted by Crippen LogP contribution is 2.36. The van der Waals surface area contributed by atoms with Gasteiger partial charge in [0.1, 0.15) is 5.75 Å². The Balaban J connectivity index is 2.53. The molecule has 0 amide bonds. The lowest BCUT2D eigenvalue weighted by atomic mass is 9.82. The molecule has 1 N–H and O–H groups in total. The van der Waals surface area contributed by atoms with Crippen LogP contribution in [0.4, 0.5) is 0 Å². The molecule has 0 aromatic heterocycles. The van der Waals surface area contributed by atoms with Gasteiger partial charge in [-0.3, -0.25) is 0 Å². The second-order valence-corrected chi connectivity index (χ2v) is 9.42. The van der Waals surface area contributed by atoms with Crippen molar-refractivity contribution >= 4 is 0 Å². The molecule has 2 aromatic rings. The second-order valence-electron chi connectivity index (χ2n) is 9.42. The first-order valence-corrected chi connectivity index (χ1v) is 9.41. The third kappa shape index (κ3) is 4.78. The number of hydrogen-bond donors (Lipinski definition) is 1. The van der Waals surface area contributed by atoms with Gasteiger partial charge in [-0.25, -0.2) is 0 Å². The lowest BCUT2D eigenvalue weighted by Gasteiger charge is -2.24. The van der Waals surface area contributed by atoms with E-state index >= 15 is 0 Å². The van der Waals surface area contributed by atoms with Crippen molar-refractivity contribution in [1.82, 2.24) is 0 Å². The van der Waals surface area contributed by atoms with Crippen LogP contribution in [0.25, 0.3) is 0 Å². The highest BCUT2D eigenvalue weighted by molar-refractivity contribution is 5.49. The smallest absolute Gasteiger partial charge is 0.122 e. The zero-order valence-electron chi connectivity index (χ0n) is 17.5. The summed E-state index contributed by atoms with van der Waals surface area (Å²) in [5.74, 6) is 0.419. The molecule has 0 aliphatic heterocycles. The van der Waals surface area contributed by atoms with Crippen LogP contribution in [0.15, 0.2) is 36.9 Å². The van der Waals surface area contributed by atoms with Crippen molar-refractivity contribution in [2.45, 2.75) is 72.1 Å². The first kappa shape index (κ1) is 20.3. The van der Waals surface area contributed by atoms with Gasteiger partial charge in [0.15, 0.2) is 0 Å². The largest absolute Gasteiger partial charge is 0.507 e. The fourth-order valence-electron chi connectivity index (χ4n) is 3.25. The quantitative estimate of drug-likeness (QED) is 0.632. The van der Waals surface area contributed by atoms with Crippen molar-refractivity contribution < 1.29 is 5.11 Å². The molecule has 2 rings (SSSR count). The predicted molar refractivity (Wildman–Crippen MR) is 112 cm³/mol. The van der Waals surface area contributed by atoms with Crippen LogP contribution in [0.1, 0.15) is 74.9 Å². The van der Waals surface area contributed by atoms with Crippen LogP contribution >= 0.6 is 0 Å². The summed E-state index contributed by atoms with van der Waals surface area (Å²) in [6.45, 7) is 19.0. The normalized spacial score (nSPS) is 12.3. The molecule has 0 aliphatic rings. The first-order valence-electron chi connectivity index (χ1n) is 9.41. The van der Waals surface area contributed by atoms with E-state index in [2.05, 4.69) is 85.4 Å². The molecule has 0 saturated carbocycles. The van der Waals surface area contributed by atoms with E-state index in [1.54, 1.807) is 0 Å². The highest BCUT2D eigenvalue weighted by Gasteiger charge is 2.21. The third-order valence-electron chi connectivity index (χ3n) is 4.69. The minimum absolute atomic E-state index is 0.0388. The molecule has 1 nitrogen and oxygen atoms in total. The van der Waals surface area contributed by atoms with Gasteiger partial charge in [0.2, 0.25) is 0 Å². The monoisotopic (exact) mass is 349 g/mol. The molecular weight excluding hydrogens is 316 g/mol. The summed E-state index contributed by atoms with van der Waals surface area (Å²) in [6, 6.07) is 12.2. The highest BCUT2D eigenvalue weighted by atomic mass is 16.3. The maximum Gasteiger partial charge on any atom is 0.122 e. The Hall–Kier alpha value is -2.02. The van der Waals surface area contributed by atoms with Crippen molar-refractivity contribution in [3.8, 4) is 5.75 Å². The lowest BCUT2D eigenvalue weighted by Crippen LogP contribution is -2.14. The Kier molecular flexibility index (Phi) is 5.70. The van der Waals surface area contributed by atoms with Crippen molar-refractivity contribution in [2.75, 3.05) is 0 Å². The number of aryl methyl sites for hydroxylation is 1. The molecule has 1 heteroatoms. The maximum atomic E-state index is 10.9. The number of aromatic hydroxyl groups is 1. The van der Waals surface area contributed by atoms with E-state index in [-0.39, 0.29) is 10.8 Å². The minimum Gasteiger partial charge on any atom is -0.507 e. The van der Waals surface area contributed by atoms with E-state index in [1.807, 2.05) is 6.08 Å². The number of benzene rings is 2. The topological polar surface area (TPSA) is 20.2 Å². The van der Waals surface area contributed by atoms with Crippen molar-refractivity contribution in [2.24, 2.45) is 0 Å². The van der Waals surface area contributed by atoms with Gasteiger partial charge in [0.05, 0.1) is 0 Å². The average Bonchev–Trinajstić information content (AvgIpc) is 2.48. The van der Waals surface area contributed by atoms with Crippen LogP contribution in [0.2, 0.25) is 0 Å². The average molecular weight is 350 g/mol. The summed E-state index contributed by atoms with van der Waals surface area (Å²) >= 11 is 0. The van der Waals surface area contributed by atoms with Gasteiger partial charge in [-0.2, -0.15) is 0 Å². The molecule has 0 spiro atoms. The van der Waals surface area contributed by atoms with Crippen molar-refractivity contribution in [3.05, 3.63) is 76.4 Å². The number of hydrogen-bond acceptors (Lipinski definition) is 1. The summed E-state index contributed by atoms with van der Waals surface area (Å²) in [6.07, 6.45) is 3.47. The number of phenolic OH excluding ortho intramolecular Hbond substituents is 1. The molecule has 0 heterocycles. The van der Waals surface area contributed by atoms with E-state index in [9.17, 15) is 5.11 Å². The summed E-state index contributed by atoms with van der Waals surface area (Å²) in [5.41, 5.74) is 6.69. The third-order valence-corrected chi connectivity index (χ3v) is 4.69. The first-order chi connectivity index (χ1) is 11.9. The Morgan fingerprint density at radius 1 is 1.00 bits per heavy atom. The van der Waals surface area contributed by atoms with Crippen LogP contribution in [-0.4, -0.2) is 5.11 Å². The maximum absolute atomic E-state index is 10.9. The van der Waals surface area contributed by atoms with Crippen LogP contribution in [0, 0.1) is 13.0 Å². The van der Waals surface area contributed by atoms with Gasteiger partial charge in [0.25, 0.3) is 0 Å². The van der Waals surface area contributed by atoms with Gasteiger partial charge in [0, 0.05) is 6.42 Å². The Labute approximate surface area is 159 Å². The molecule has 0 aliphatic carbocycles. The zero-order valence-corrected chi connectivity index (χ0v) is 17.5. The molecule has 26 heavy (non-hydrogen) atoms. The lowest BCUT2D eigenvalue weighted by molar-refractivity contribution is 0.441. The van der Waals surface area contributed by atoms with E-state index in [1.165, 1.54) is 16.7 Å². The van der Waals surface area contributed by atoms with Crippen molar-refractivity contribution in [1.29, 1.82) is 0 Å². The standard InChI is InChI=1S/C25H33O/c1-9-10-18-13-19(16-21(15-18)24(3,4)5)14-20-11-17(2)12-22(23(20)26)25(6,7)8/h9,11-13,15,26H,1,10,14H2,2-8H3. The fourth-order valence-corrected chi connectivity index (χ4v) is 3.25. The SMILES string of the molecule is C=CCc1cc(Cc2cc(C)cc(C(C)(C)C)c2O)[c]c(C(C)(C)C)c1. The van der Waals surface area contributed by atoms with Gasteiger partial charge in [-0.1, -0.05) is 77.4 Å². The zero-order chi connectivity index (χ0) is 19.7. The Morgan fingerprint density at radius 3 is 2.19 bits per heavy atom. The summed E-state index contributed by atoms with van der Waals surface area (Å²) < 4.78 is 0. The number of rotatable bonds is 4. The van der Waals surface area contributed by atoms with Gasteiger partial charge >= 0.3 is 0 Å². The van der Waals surface area contributed by atoms with Gasteiger partial charge < -0.3 is 5.11 Å². The van der Waals surface area contributed by atoms with E-state index < -0.39 is 0 Å². The summed E-state index contributed by atoms with van der Waals surface area (Å²) in [4.78, 5) is 0. The molecule has 0 bridgehead atoms. The van der Waals surface area contributed by atoms with E-state index in [0.29, 0.717) is 12.2 Å². The minimum atomic E-state index is -0.0875. The fraction of sp³-hybridized carbons (Fsp3) is 0.440. The molecule has 0 atom stereocenters. The summed E-state index contributed by atoms with van der Waals surface area (Å²) in [5, 5.41) is 10.9. The van der Waals surface area contributed by atoms with E-state index in [0.717, 1.165) is 23.1 Å². The Morgan fingerprint density at radius 2 is 1.65 bits per heavy atom. The molecule has 0 fully saturated rings. The predicted octanol–water partition coefficient (Wildman–Crippen LogP) is 6.42. The second kappa shape index (κ2) is 7.31. The molecule has 0 saturated heterocycles. The van der Waals surface area contributed by atoms with Crippen LogP contribution < -0.4 is 0 Å². The number of allylic oxidation sites excluding steroid dienone is 1. The molecule has 1 radical (unpaired) electrons. The van der Waals surface area contributed by atoms with Crippen LogP contribution in [-0.2, 0) is 23.7 Å². The van der Waals surface area contributed by atoms with Crippen LogP contribution in [0.5, 0.6) is 5.75 Å². The number of phenols is 1. The molecule has 2 aromatic carbocycles. The van der Waals surface area contributed by atoms with Crippen molar-refractivity contribution in [3.63, 3.8) is 0 Å². The van der Waals surface area contributed by atoms with E-state index in [4.69, 9.17) is 0 Å². The summed E-state index contributed by atoms with van der Waals surface area (Å²) in [7, 11) is 0. The molecular formula is C25H33O. The van der Waals surface area contributed by atoms with Gasteiger partial charge in [-0.15, -0.1) is 6.58 Å². The Bertz CT molecular complexity index is 798. The van der Waals surface area contributed by atoms with Gasteiger partial charge in [-0.05, 0) is 58.1 Å². The molecule has 139 valence electrons. The molecule has 0 unspecified atom stereocenters.